The number of nitrogens with zero attached hydrogens (tertiary/aromatic N) is 1. The number of carbonyl (C=O) groups is 1. The highest BCUT2D eigenvalue weighted by Crippen LogP contribution is 2.27. The molecule has 1 heterocycles. The summed E-state index contributed by atoms with van der Waals surface area (Å²) in [6.45, 7) is 4.98. The molecule has 0 saturated heterocycles. The zero-order valence-corrected chi connectivity index (χ0v) is 14.7. The summed E-state index contributed by atoms with van der Waals surface area (Å²) < 4.78 is 0. The molecule has 1 aliphatic heterocycles. The van der Waals surface area contributed by atoms with Gasteiger partial charge in [-0.3, -0.25) is 9.79 Å². The fourth-order valence-electron chi connectivity index (χ4n) is 2.97. The van der Waals surface area contributed by atoms with Crippen LogP contribution in [-0.2, 0) is 11.3 Å². The summed E-state index contributed by atoms with van der Waals surface area (Å²) in [5, 5.41) is 3.74. The first-order valence-electron chi connectivity index (χ1n) is 8.22. The molecule has 1 unspecified atom stereocenters. The van der Waals surface area contributed by atoms with Crippen LogP contribution < -0.4 is 5.32 Å². The van der Waals surface area contributed by atoms with E-state index < -0.39 is 0 Å². The summed E-state index contributed by atoms with van der Waals surface area (Å²) in [5.74, 6) is 0.244. The van der Waals surface area contributed by atoms with Crippen molar-refractivity contribution < 1.29 is 4.79 Å². The van der Waals surface area contributed by atoms with Crippen LogP contribution >= 0.6 is 11.6 Å². The summed E-state index contributed by atoms with van der Waals surface area (Å²) in [6, 6.07) is 13.5. The Bertz CT molecular complexity index is 766. The topological polar surface area (TPSA) is 41.5 Å². The minimum Gasteiger partial charge on any atom is -0.326 e. The van der Waals surface area contributed by atoms with Gasteiger partial charge in [-0.2, -0.15) is 0 Å². The molecule has 0 bridgehead atoms. The van der Waals surface area contributed by atoms with Crippen molar-refractivity contribution in [2.75, 3.05) is 5.32 Å². The molecule has 1 atom stereocenters. The van der Waals surface area contributed by atoms with Gasteiger partial charge in [-0.25, -0.2) is 0 Å². The normalized spacial score (nSPS) is 13.8. The zero-order chi connectivity index (χ0) is 17.1. The Morgan fingerprint density at radius 2 is 1.96 bits per heavy atom. The number of halogens is 1. The Morgan fingerprint density at radius 3 is 2.67 bits per heavy atom. The van der Waals surface area contributed by atoms with Crippen molar-refractivity contribution in [3.05, 3.63) is 64.2 Å². The van der Waals surface area contributed by atoms with Gasteiger partial charge in [0.2, 0.25) is 5.91 Å². The monoisotopic (exact) mass is 340 g/mol. The number of nitrogens with one attached hydrogen (secondary N) is 1. The van der Waals surface area contributed by atoms with Gasteiger partial charge in [0.05, 0.1) is 12.5 Å². The maximum atomic E-state index is 12.9. The fraction of sp³-hybridized carbons (Fsp3) is 0.300. The average Bonchev–Trinajstić information content (AvgIpc) is 3.01. The largest absolute Gasteiger partial charge is 0.326 e. The predicted molar refractivity (Wildman–Crippen MR) is 100 cm³/mol. The molecule has 0 aromatic heterocycles. The Morgan fingerprint density at radius 1 is 1.21 bits per heavy atom. The molecule has 1 N–H and O–H groups in total. The highest BCUT2D eigenvalue weighted by Gasteiger charge is 2.22. The van der Waals surface area contributed by atoms with Crippen LogP contribution in [0.25, 0.3) is 0 Å². The van der Waals surface area contributed by atoms with E-state index in [0.29, 0.717) is 10.9 Å². The first-order chi connectivity index (χ1) is 11.5. The fourth-order valence-corrected chi connectivity index (χ4v) is 3.10. The molecule has 0 fully saturated rings. The summed E-state index contributed by atoms with van der Waals surface area (Å²) in [4.78, 5) is 17.1. The average molecular weight is 341 g/mol. The first-order valence-corrected chi connectivity index (χ1v) is 8.60. The van der Waals surface area contributed by atoms with E-state index in [1.54, 1.807) is 0 Å². The molecule has 1 aliphatic rings. The number of fused-ring (bicyclic) bond motifs is 1. The summed E-state index contributed by atoms with van der Waals surface area (Å²) in [7, 11) is 0. The number of anilines is 1. The van der Waals surface area contributed by atoms with Gasteiger partial charge in [-0.15, -0.1) is 0 Å². The minimum atomic E-state index is -0.191. The Balaban J connectivity index is 1.80. The lowest BCUT2D eigenvalue weighted by molar-refractivity contribution is -0.117. The number of aliphatic imine (C=N–C) groups is 1. The summed E-state index contributed by atoms with van der Waals surface area (Å²) in [5.41, 5.74) is 4.09. The standard InChI is InChI=1S/C20H21ClN2O/c1-13(2)9-19(14-3-6-17(21)7-4-14)20(24)23-18-8-5-15-11-22-12-16(15)10-18/h3-8,10,12-13,19H,9,11H2,1-2H3,(H,23,24). The number of hydrogen-bond acceptors (Lipinski definition) is 2. The lowest BCUT2D eigenvalue weighted by atomic mass is 9.89. The Labute approximate surface area is 147 Å². The summed E-state index contributed by atoms with van der Waals surface area (Å²) in [6.07, 6.45) is 2.65. The van der Waals surface area contributed by atoms with Crippen LogP contribution in [0, 0.1) is 5.92 Å². The third kappa shape index (κ3) is 3.85. The number of hydrogen-bond donors (Lipinski definition) is 1. The van der Waals surface area contributed by atoms with Crippen LogP contribution in [0.4, 0.5) is 5.69 Å². The Kier molecular flexibility index (Phi) is 5.00. The molecule has 2 aromatic carbocycles. The maximum absolute atomic E-state index is 12.9. The molecule has 2 aromatic rings. The molecule has 4 heteroatoms. The molecule has 1 amide bonds. The second-order valence-corrected chi connectivity index (χ2v) is 7.04. The maximum Gasteiger partial charge on any atom is 0.231 e. The van der Waals surface area contributed by atoms with Crippen LogP contribution in [0.2, 0.25) is 5.02 Å². The lowest BCUT2D eigenvalue weighted by Crippen LogP contribution is -2.22. The number of benzene rings is 2. The van der Waals surface area contributed by atoms with Crippen LogP contribution in [0.15, 0.2) is 47.5 Å². The van der Waals surface area contributed by atoms with Gasteiger partial charge in [0.25, 0.3) is 0 Å². The molecule has 0 saturated carbocycles. The second kappa shape index (κ2) is 7.18. The van der Waals surface area contributed by atoms with Gasteiger partial charge < -0.3 is 5.32 Å². The molecule has 24 heavy (non-hydrogen) atoms. The molecule has 0 aliphatic carbocycles. The molecule has 3 rings (SSSR count). The van der Waals surface area contributed by atoms with Crippen LogP contribution in [0.3, 0.4) is 0 Å². The van der Waals surface area contributed by atoms with Gasteiger partial charge >= 0.3 is 0 Å². The highest BCUT2D eigenvalue weighted by molar-refractivity contribution is 6.30. The molecule has 3 nitrogen and oxygen atoms in total. The number of rotatable bonds is 5. The van der Waals surface area contributed by atoms with Gasteiger partial charge in [-0.1, -0.05) is 43.6 Å². The predicted octanol–water partition coefficient (Wildman–Crippen LogP) is 5.04. The van der Waals surface area contributed by atoms with E-state index in [1.807, 2.05) is 48.7 Å². The van der Waals surface area contributed by atoms with Crippen molar-refractivity contribution in [2.24, 2.45) is 10.9 Å². The number of carbonyl (C=O) groups excluding carboxylic acids is 1. The van der Waals surface area contributed by atoms with E-state index in [2.05, 4.69) is 24.2 Å². The van der Waals surface area contributed by atoms with Gasteiger partial charge in [0.1, 0.15) is 0 Å². The summed E-state index contributed by atoms with van der Waals surface area (Å²) >= 11 is 5.97. The molecule has 124 valence electrons. The molecular weight excluding hydrogens is 320 g/mol. The van der Waals surface area contributed by atoms with Crippen LogP contribution in [0.1, 0.15) is 42.9 Å². The van der Waals surface area contributed by atoms with Crippen molar-refractivity contribution in [1.82, 2.24) is 0 Å². The zero-order valence-electron chi connectivity index (χ0n) is 13.9. The Hall–Kier alpha value is -2.13. The molecular formula is C20H21ClN2O. The van der Waals surface area contributed by atoms with E-state index in [9.17, 15) is 4.79 Å². The van der Waals surface area contributed by atoms with E-state index in [-0.39, 0.29) is 11.8 Å². The van der Waals surface area contributed by atoms with Gasteiger partial charge in [-0.05, 0) is 53.3 Å². The van der Waals surface area contributed by atoms with E-state index in [1.165, 1.54) is 5.56 Å². The van der Waals surface area contributed by atoms with Gasteiger partial charge in [0.15, 0.2) is 0 Å². The van der Waals surface area contributed by atoms with E-state index in [4.69, 9.17) is 11.6 Å². The lowest BCUT2D eigenvalue weighted by Gasteiger charge is -2.19. The third-order valence-corrected chi connectivity index (χ3v) is 4.45. The van der Waals surface area contributed by atoms with Gasteiger partial charge in [0, 0.05) is 16.9 Å². The third-order valence-electron chi connectivity index (χ3n) is 4.20. The SMILES string of the molecule is CC(C)CC(C(=O)Nc1ccc2c(c1)C=NC2)c1ccc(Cl)cc1. The van der Waals surface area contributed by atoms with E-state index >= 15 is 0 Å². The van der Waals surface area contributed by atoms with Crippen molar-refractivity contribution in [3.8, 4) is 0 Å². The van der Waals surface area contributed by atoms with Crippen molar-refractivity contribution in [3.63, 3.8) is 0 Å². The molecule has 0 radical (unpaired) electrons. The highest BCUT2D eigenvalue weighted by atomic mass is 35.5. The van der Waals surface area contributed by atoms with Crippen molar-refractivity contribution in [1.29, 1.82) is 0 Å². The van der Waals surface area contributed by atoms with Crippen LogP contribution in [0.5, 0.6) is 0 Å². The van der Waals surface area contributed by atoms with E-state index in [0.717, 1.165) is 29.8 Å². The van der Waals surface area contributed by atoms with Crippen molar-refractivity contribution >= 4 is 29.4 Å². The minimum absolute atomic E-state index is 0.0147. The second-order valence-electron chi connectivity index (χ2n) is 6.61. The molecule has 0 spiro atoms. The number of amides is 1. The quantitative estimate of drug-likeness (QED) is 0.813. The first kappa shape index (κ1) is 16.7. The van der Waals surface area contributed by atoms with Crippen molar-refractivity contribution in [2.45, 2.75) is 32.7 Å². The van der Waals surface area contributed by atoms with Crippen LogP contribution in [-0.4, -0.2) is 12.1 Å². The smallest absolute Gasteiger partial charge is 0.231 e.